The molecular weight excluding hydrogens is 725 g/mol. The lowest BCUT2D eigenvalue weighted by molar-refractivity contribution is 1.14. The van der Waals surface area contributed by atoms with Crippen LogP contribution in [-0.2, 0) is 0 Å². The first-order valence-corrected chi connectivity index (χ1v) is 20.6. The van der Waals surface area contributed by atoms with Gasteiger partial charge < -0.3 is 9.47 Å². The fraction of sp³-hybridized carbons (Fsp3) is 0. The van der Waals surface area contributed by atoms with Crippen molar-refractivity contribution >= 4 is 49.5 Å². The van der Waals surface area contributed by atoms with Gasteiger partial charge in [-0.1, -0.05) is 194 Å². The van der Waals surface area contributed by atoms with Gasteiger partial charge in [-0.25, -0.2) is 0 Å². The molecule has 0 atom stereocenters. The quantitative estimate of drug-likeness (QED) is 0.150. The van der Waals surface area contributed by atoms with Gasteiger partial charge in [-0.05, 0) is 92.7 Å². The van der Waals surface area contributed by atoms with Crippen LogP contribution in [0, 0.1) is 0 Å². The number of anilines is 3. The van der Waals surface area contributed by atoms with E-state index in [4.69, 9.17) is 0 Å². The minimum absolute atomic E-state index is 1.10. The molecular formula is C58H40N2. The molecule has 0 unspecified atom stereocenters. The maximum Gasteiger partial charge on any atom is 0.0620 e. The van der Waals surface area contributed by atoms with E-state index in [1.54, 1.807) is 0 Å². The molecule has 0 aliphatic heterocycles. The Bertz CT molecular complexity index is 3260. The van der Waals surface area contributed by atoms with Gasteiger partial charge in [0.1, 0.15) is 0 Å². The first kappa shape index (κ1) is 35.2. The second-order valence-electron chi connectivity index (χ2n) is 15.3. The fourth-order valence-electron chi connectivity index (χ4n) is 9.04. The molecule has 0 aliphatic carbocycles. The highest BCUT2D eigenvalue weighted by molar-refractivity contribution is 6.20. The number of para-hydroxylation sites is 1. The predicted molar refractivity (Wildman–Crippen MR) is 255 cm³/mol. The molecule has 0 bridgehead atoms. The first-order chi connectivity index (χ1) is 29.8. The third-order valence-electron chi connectivity index (χ3n) is 11.8. The molecule has 11 aromatic rings. The Labute approximate surface area is 350 Å². The van der Waals surface area contributed by atoms with E-state index in [-0.39, 0.29) is 0 Å². The van der Waals surface area contributed by atoms with Gasteiger partial charge in [0.15, 0.2) is 0 Å². The molecule has 0 N–H and O–H groups in total. The molecule has 2 heteroatoms. The van der Waals surface area contributed by atoms with Crippen molar-refractivity contribution in [2.24, 2.45) is 0 Å². The lowest BCUT2D eigenvalue weighted by Crippen LogP contribution is -2.10. The Kier molecular flexibility index (Phi) is 8.87. The van der Waals surface area contributed by atoms with Crippen molar-refractivity contribution in [3.05, 3.63) is 243 Å². The van der Waals surface area contributed by atoms with Crippen LogP contribution in [0.2, 0.25) is 0 Å². The number of benzene rings is 10. The highest BCUT2D eigenvalue weighted by atomic mass is 15.1. The van der Waals surface area contributed by atoms with Crippen LogP contribution in [0.1, 0.15) is 0 Å². The molecule has 0 radical (unpaired) electrons. The second-order valence-corrected chi connectivity index (χ2v) is 15.3. The highest BCUT2D eigenvalue weighted by Gasteiger charge is 2.25. The third-order valence-corrected chi connectivity index (χ3v) is 11.8. The van der Waals surface area contributed by atoms with E-state index in [0.29, 0.717) is 0 Å². The molecule has 0 fully saturated rings. The van der Waals surface area contributed by atoms with Crippen LogP contribution >= 0.6 is 0 Å². The molecule has 1 heterocycles. The van der Waals surface area contributed by atoms with Crippen LogP contribution < -0.4 is 4.90 Å². The van der Waals surface area contributed by atoms with Crippen molar-refractivity contribution in [1.82, 2.24) is 4.57 Å². The third kappa shape index (κ3) is 6.14. The van der Waals surface area contributed by atoms with Gasteiger partial charge in [0.25, 0.3) is 0 Å². The number of rotatable bonds is 8. The van der Waals surface area contributed by atoms with Crippen LogP contribution in [0.4, 0.5) is 17.1 Å². The van der Waals surface area contributed by atoms with Crippen LogP contribution in [0.25, 0.3) is 82.8 Å². The minimum Gasteiger partial charge on any atom is -0.310 e. The van der Waals surface area contributed by atoms with Crippen molar-refractivity contribution in [2.75, 3.05) is 4.90 Å². The number of hydrogen-bond donors (Lipinski definition) is 0. The molecule has 0 spiro atoms. The van der Waals surface area contributed by atoms with Crippen molar-refractivity contribution in [3.63, 3.8) is 0 Å². The van der Waals surface area contributed by atoms with Gasteiger partial charge in [-0.2, -0.15) is 0 Å². The molecule has 0 aliphatic rings. The standard InChI is InChI=1S/C58H40N2/c1-5-18-41(19-6-1)42-32-36-49(37-33-42)60-57(46-23-9-3-10-24-46)56(45-21-7-2-8-22-45)54-40-53(51-29-15-16-30-52(51)58(54)60)44-34-38-48(39-35-44)59(47-26-11-4-12-27-47)55-31-17-25-43-20-13-14-28-50(43)55/h1-40H. The maximum atomic E-state index is 2.50. The predicted octanol–water partition coefficient (Wildman–Crippen LogP) is 16.1. The zero-order valence-electron chi connectivity index (χ0n) is 33.0. The molecule has 11 rings (SSSR count). The van der Waals surface area contributed by atoms with E-state index in [2.05, 4.69) is 252 Å². The van der Waals surface area contributed by atoms with Crippen LogP contribution in [0.5, 0.6) is 0 Å². The summed E-state index contributed by atoms with van der Waals surface area (Å²) in [7, 11) is 0. The summed E-state index contributed by atoms with van der Waals surface area (Å²) in [4.78, 5) is 2.37. The molecule has 0 amide bonds. The molecule has 2 nitrogen and oxygen atoms in total. The van der Waals surface area contributed by atoms with E-state index in [1.165, 1.54) is 77.1 Å². The van der Waals surface area contributed by atoms with Crippen molar-refractivity contribution in [1.29, 1.82) is 0 Å². The number of fused-ring (bicyclic) bond motifs is 4. The number of nitrogens with zero attached hydrogens (tertiary/aromatic N) is 2. The van der Waals surface area contributed by atoms with Crippen molar-refractivity contribution in [2.45, 2.75) is 0 Å². The van der Waals surface area contributed by atoms with Gasteiger partial charge in [0, 0.05) is 38.8 Å². The summed E-state index contributed by atoms with van der Waals surface area (Å²) in [6.45, 7) is 0. The van der Waals surface area contributed by atoms with Crippen molar-refractivity contribution in [3.8, 4) is 50.3 Å². The maximum absolute atomic E-state index is 2.50. The Morgan fingerprint density at radius 1 is 0.317 bits per heavy atom. The summed E-state index contributed by atoms with van der Waals surface area (Å²) >= 11 is 0. The topological polar surface area (TPSA) is 8.17 Å². The smallest absolute Gasteiger partial charge is 0.0620 e. The highest BCUT2D eigenvalue weighted by Crippen LogP contribution is 2.48. The average Bonchev–Trinajstić information content (AvgIpc) is 3.68. The largest absolute Gasteiger partial charge is 0.310 e. The van der Waals surface area contributed by atoms with Crippen LogP contribution in [0.3, 0.4) is 0 Å². The summed E-state index contributed by atoms with van der Waals surface area (Å²) in [5.74, 6) is 0. The zero-order valence-corrected chi connectivity index (χ0v) is 33.0. The number of hydrogen-bond acceptors (Lipinski definition) is 1. The molecule has 282 valence electrons. The van der Waals surface area contributed by atoms with E-state index in [9.17, 15) is 0 Å². The fourth-order valence-corrected chi connectivity index (χ4v) is 9.04. The molecule has 10 aromatic carbocycles. The summed E-state index contributed by atoms with van der Waals surface area (Å²) < 4.78 is 2.50. The Hall–Kier alpha value is -7.94. The van der Waals surface area contributed by atoms with Gasteiger partial charge in [-0.3, -0.25) is 0 Å². The van der Waals surface area contributed by atoms with E-state index >= 15 is 0 Å². The zero-order chi connectivity index (χ0) is 39.8. The summed E-state index contributed by atoms with van der Waals surface area (Å²) in [6.07, 6.45) is 0. The summed E-state index contributed by atoms with van der Waals surface area (Å²) in [5, 5.41) is 6.07. The van der Waals surface area contributed by atoms with E-state index < -0.39 is 0 Å². The van der Waals surface area contributed by atoms with Gasteiger partial charge >= 0.3 is 0 Å². The normalized spacial score (nSPS) is 11.3. The summed E-state index contributed by atoms with van der Waals surface area (Å²) in [5.41, 5.74) is 15.2. The Morgan fingerprint density at radius 2 is 0.817 bits per heavy atom. The average molecular weight is 765 g/mol. The second kappa shape index (κ2) is 15.1. The molecule has 1 aromatic heterocycles. The summed E-state index contributed by atoms with van der Waals surface area (Å²) in [6, 6.07) is 87.8. The Balaban J connectivity index is 1.15. The van der Waals surface area contributed by atoms with Crippen molar-refractivity contribution < 1.29 is 0 Å². The van der Waals surface area contributed by atoms with E-state index in [1.807, 2.05) is 0 Å². The minimum atomic E-state index is 1.10. The molecule has 60 heavy (non-hydrogen) atoms. The van der Waals surface area contributed by atoms with E-state index in [0.717, 1.165) is 22.7 Å². The van der Waals surface area contributed by atoms with Gasteiger partial charge in [0.2, 0.25) is 0 Å². The Morgan fingerprint density at radius 3 is 1.50 bits per heavy atom. The van der Waals surface area contributed by atoms with Gasteiger partial charge in [0.05, 0.1) is 16.9 Å². The SMILES string of the molecule is c1ccc(-c2ccc(-n3c(-c4ccccc4)c(-c4ccccc4)c4cc(-c5ccc(N(c6ccccc6)c6cccc7ccccc67)cc5)c5ccccc5c43)cc2)cc1. The molecule has 0 saturated heterocycles. The lowest BCUT2D eigenvalue weighted by atomic mass is 9.92. The molecule has 0 saturated carbocycles. The van der Waals surface area contributed by atoms with Crippen LogP contribution in [-0.4, -0.2) is 4.57 Å². The van der Waals surface area contributed by atoms with Crippen LogP contribution in [0.15, 0.2) is 243 Å². The monoisotopic (exact) mass is 764 g/mol. The lowest BCUT2D eigenvalue weighted by Gasteiger charge is -2.27. The first-order valence-electron chi connectivity index (χ1n) is 20.6. The number of aromatic nitrogens is 1. The van der Waals surface area contributed by atoms with Gasteiger partial charge in [-0.15, -0.1) is 0 Å².